The molecular weight excluding hydrogens is 424 g/mol. The molecule has 33 heavy (non-hydrogen) atoms. The SMILES string of the molecule is COc1cc(OC)cc(-c2c(C#N)c(Oc3ccc4c(c3)OCO4)nc(C)c2C=CCO)c1. The lowest BCUT2D eigenvalue weighted by Gasteiger charge is -2.17. The number of aliphatic hydroxyl groups excluding tert-OH is 1. The maximum atomic E-state index is 10.1. The summed E-state index contributed by atoms with van der Waals surface area (Å²) in [5, 5.41) is 19.5. The van der Waals surface area contributed by atoms with Crippen LogP contribution in [0.2, 0.25) is 0 Å². The molecule has 3 aromatic rings. The van der Waals surface area contributed by atoms with E-state index in [1.807, 2.05) is 6.92 Å². The van der Waals surface area contributed by atoms with Crippen LogP contribution in [0.15, 0.2) is 42.5 Å². The van der Waals surface area contributed by atoms with Crippen LogP contribution >= 0.6 is 0 Å². The summed E-state index contributed by atoms with van der Waals surface area (Å²) in [4.78, 5) is 4.54. The van der Waals surface area contributed by atoms with Crippen LogP contribution in [-0.2, 0) is 0 Å². The molecule has 2 aromatic carbocycles. The molecule has 0 radical (unpaired) electrons. The Morgan fingerprint density at radius 2 is 1.79 bits per heavy atom. The van der Waals surface area contributed by atoms with Gasteiger partial charge in [0, 0.05) is 29.0 Å². The number of nitriles is 1. The molecule has 0 saturated heterocycles. The lowest BCUT2D eigenvalue weighted by molar-refractivity contribution is 0.174. The molecular formula is C25H22N2O6. The summed E-state index contributed by atoms with van der Waals surface area (Å²) >= 11 is 0. The Balaban J connectivity index is 1.91. The first-order valence-corrected chi connectivity index (χ1v) is 10.1. The molecule has 0 unspecified atom stereocenters. The van der Waals surface area contributed by atoms with Crippen LogP contribution in [0.1, 0.15) is 16.8 Å². The predicted molar refractivity (Wildman–Crippen MR) is 121 cm³/mol. The summed E-state index contributed by atoms with van der Waals surface area (Å²) < 4.78 is 27.6. The third-order valence-corrected chi connectivity index (χ3v) is 5.09. The van der Waals surface area contributed by atoms with Gasteiger partial charge in [0.15, 0.2) is 11.5 Å². The number of fused-ring (bicyclic) bond motifs is 1. The van der Waals surface area contributed by atoms with Gasteiger partial charge in [-0.25, -0.2) is 4.98 Å². The molecule has 4 rings (SSSR count). The summed E-state index contributed by atoms with van der Waals surface area (Å²) in [5.74, 6) is 2.92. The fourth-order valence-corrected chi connectivity index (χ4v) is 3.55. The quantitative estimate of drug-likeness (QED) is 0.567. The summed E-state index contributed by atoms with van der Waals surface area (Å²) in [7, 11) is 3.12. The number of aliphatic hydroxyl groups is 1. The second-order valence-corrected chi connectivity index (χ2v) is 7.08. The predicted octanol–water partition coefficient (Wildman–Crippen LogP) is 4.47. The van der Waals surface area contributed by atoms with Crippen molar-refractivity contribution in [3.05, 3.63) is 59.3 Å². The van der Waals surface area contributed by atoms with Gasteiger partial charge in [0.1, 0.15) is 28.9 Å². The topological polar surface area (TPSA) is 103 Å². The molecule has 0 bridgehead atoms. The Kier molecular flexibility index (Phi) is 6.33. The van der Waals surface area contributed by atoms with Crippen LogP contribution in [0, 0.1) is 18.3 Å². The van der Waals surface area contributed by atoms with Crippen molar-refractivity contribution in [2.75, 3.05) is 27.6 Å². The lowest BCUT2D eigenvalue weighted by atomic mass is 9.93. The molecule has 1 aliphatic rings. The minimum absolute atomic E-state index is 0.145. The van der Waals surface area contributed by atoms with Gasteiger partial charge in [-0.2, -0.15) is 5.26 Å². The number of aromatic nitrogens is 1. The number of hydrogen-bond acceptors (Lipinski definition) is 8. The molecule has 0 saturated carbocycles. The van der Waals surface area contributed by atoms with Crippen molar-refractivity contribution in [3.63, 3.8) is 0 Å². The number of aryl methyl sites for hydroxylation is 1. The van der Waals surface area contributed by atoms with E-state index in [1.54, 1.807) is 62.8 Å². The van der Waals surface area contributed by atoms with E-state index < -0.39 is 0 Å². The summed E-state index contributed by atoms with van der Waals surface area (Å²) in [6.07, 6.45) is 3.32. The van der Waals surface area contributed by atoms with Gasteiger partial charge >= 0.3 is 0 Å². The van der Waals surface area contributed by atoms with Gasteiger partial charge in [-0.15, -0.1) is 0 Å². The van der Waals surface area contributed by atoms with E-state index in [0.717, 1.165) is 0 Å². The number of benzene rings is 2. The monoisotopic (exact) mass is 446 g/mol. The Bertz CT molecular complexity index is 1240. The maximum Gasteiger partial charge on any atom is 0.238 e. The average Bonchev–Trinajstić information content (AvgIpc) is 3.30. The van der Waals surface area contributed by atoms with E-state index >= 15 is 0 Å². The molecule has 1 N–H and O–H groups in total. The van der Waals surface area contributed by atoms with Gasteiger partial charge in [-0.1, -0.05) is 12.2 Å². The highest BCUT2D eigenvalue weighted by Gasteiger charge is 2.22. The summed E-state index contributed by atoms with van der Waals surface area (Å²) in [6, 6.07) is 12.7. The smallest absolute Gasteiger partial charge is 0.238 e. The van der Waals surface area contributed by atoms with Crippen molar-refractivity contribution >= 4 is 6.08 Å². The molecule has 0 fully saturated rings. The van der Waals surface area contributed by atoms with Crippen LogP contribution in [0.5, 0.6) is 34.6 Å². The molecule has 0 aliphatic carbocycles. The first-order valence-electron chi connectivity index (χ1n) is 10.1. The Morgan fingerprint density at radius 1 is 1.06 bits per heavy atom. The van der Waals surface area contributed by atoms with Crippen molar-refractivity contribution in [3.8, 4) is 51.8 Å². The van der Waals surface area contributed by atoms with E-state index in [9.17, 15) is 10.4 Å². The largest absolute Gasteiger partial charge is 0.497 e. The molecule has 2 heterocycles. The van der Waals surface area contributed by atoms with Crippen LogP contribution in [-0.4, -0.2) is 37.7 Å². The van der Waals surface area contributed by atoms with Gasteiger partial charge < -0.3 is 28.8 Å². The number of nitrogens with zero attached hydrogens (tertiary/aromatic N) is 2. The first kappa shape index (κ1) is 22.0. The van der Waals surface area contributed by atoms with Crippen molar-refractivity contribution in [2.45, 2.75) is 6.92 Å². The van der Waals surface area contributed by atoms with Crippen molar-refractivity contribution in [1.82, 2.24) is 4.98 Å². The van der Waals surface area contributed by atoms with Crippen LogP contribution in [0.25, 0.3) is 17.2 Å². The highest BCUT2D eigenvalue weighted by molar-refractivity contribution is 5.84. The zero-order chi connectivity index (χ0) is 23.4. The van der Waals surface area contributed by atoms with Gasteiger partial charge in [-0.05, 0) is 36.8 Å². The van der Waals surface area contributed by atoms with Crippen molar-refractivity contribution in [2.24, 2.45) is 0 Å². The molecule has 0 amide bonds. The highest BCUT2D eigenvalue weighted by Crippen LogP contribution is 2.41. The molecule has 1 aliphatic heterocycles. The third-order valence-electron chi connectivity index (χ3n) is 5.09. The molecule has 8 heteroatoms. The lowest BCUT2D eigenvalue weighted by Crippen LogP contribution is -2.02. The molecule has 8 nitrogen and oxygen atoms in total. The number of rotatable bonds is 7. The van der Waals surface area contributed by atoms with E-state index in [2.05, 4.69) is 11.1 Å². The van der Waals surface area contributed by atoms with Gasteiger partial charge in [0.25, 0.3) is 0 Å². The average molecular weight is 446 g/mol. The Morgan fingerprint density at radius 3 is 2.45 bits per heavy atom. The summed E-state index contributed by atoms with van der Waals surface area (Å²) in [6.45, 7) is 1.80. The second-order valence-electron chi connectivity index (χ2n) is 7.08. The van der Waals surface area contributed by atoms with E-state index in [4.69, 9.17) is 23.7 Å². The van der Waals surface area contributed by atoms with Gasteiger partial charge in [-0.3, -0.25) is 0 Å². The van der Waals surface area contributed by atoms with Crippen LogP contribution in [0.4, 0.5) is 0 Å². The zero-order valence-corrected chi connectivity index (χ0v) is 18.4. The van der Waals surface area contributed by atoms with Crippen molar-refractivity contribution in [1.29, 1.82) is 5.26 Å². The number of methoxy groups -OCH3 is 2. The third kappa shape index (κ3) is 4.40. The van der Waals surface area contributed by atoms with Gasteiger partial charge in [0.05, 0.1) is 20.8 Å². The minimum atomic E-state index is -0.155. The first-order chi connectivity index (χ1) is 16.1. The van der Waals surface area contributed by atoms with Crippen LogP contribution in [0.3, 0.4) is 0 Å². The number of pyridine rings is 1. The molecule has 168 valence electrons. The van der Waals surface area contributed by atoms with E-state index in [0.29, 0.717) is 51.1 Å². The standard InChI is InChI=1S/C25H22N2O6/c1-15-20(5-4-8-28)24(16-9-18(29-2)11-19(10-16)30-3)21(13-26)25(27-15)33-17-6-7-22-23(12-17)32-14-31-22/h4-7,9-12,28H,8,14H2,1-3H3. The maximum absolute atomic E-state index is 10.1. The van der Waals surface area contributed by atoms with E-state index in [-0.39, 0.29) is 24.8 Å². The van der Waals surface area contributed by atoms with Gasteiger partial charge in [0.2, 0.25) is 12.7 Å². The van der Waals surface area contributed by atoms with Crippen molar-refractivity contribution < 1.29 is 28.8 Å². The zero-order valence-electron chi connectivity index (χ0n) is 18.4. The molecule has 0 spiro atoms. The number of ether oxygens (including phenoxy) is 5. The molecule has 0 atom stereocenters. The second kappa shape index (κ2) is 9.51. The Labute approximate surface area is 191 Å². The minimum Gasteiger partial charge on any atom is -0.497 e. The molecule has 1 aromatic heterocycles. The fourth-order valence-electron chi connectivity index (χ4n) is 3.55. The fraction of sp³-hybridized carbons (Fsp3) is 0.200. The highest BCUT2D eigenvalue weighted by atomic mass is 16.7. The Hall–Kier alpha value is -4.22. The van der Waals surface area contributed by atoms with Crippen LogP contribution < -0.4 is 23.7 Å². The number of hydrogen-bond donors (Lipinski definition) is 1. The summed E-state index contributed by atoms with van der Waals surface area (Å²) in [5.41, 5.74) is 2.79. The normalized spacial score (nSPS) is 12.0. The van der Waals surface area contributed by atoms with E-state index in [1.165, 1.54) is 0 Å².